The van der Waals surface area contributed by atoms with Gasteiger partial charge < -0.3 is 15.1 Å². The largest absolute Gasteiger partial charge is 0.507 e. The second-order valence-corrected chi connectivity index (χ2v) is 9.93. The Morgan fingerprint density at radius 3 is 2.58 bits per heavy atom. The van der Waals surface area contributed by atoms with Gasteiger partial charge >= 0.3 is 0 Å². The maximum Gasteiger partial charge on any atom is 0.227 e. The van der Waals surface area contributed by atoms with Gasteiger partial charge in [-0.1, -0.05) is 23.7 Å². The lowest BCUT2D eigenvalue weighted by Gasteiger charge is -2.27. The highest BCUT2D eigenvalue weighted by atomic mass is 35.5. The molecule has 0 atom stereocenters. The van der Waals surface area contributed by atoms with E-state index < -0.39 is 9.84 Å². The number of hydrogen-bond acceptors (Lipinski definition) is 6. The summed E-state index contributed by atoms with van der Waals surface area (Å²) < 4.78 is 23.2. The zero-order chi connectivity index (χ0) is 22.3. The van der Waals surface area contributed by atoms with Gasteiger partial charge in [0.05, 0.1) is 16.3 Å². The second-order valence-electron chi connectivity index (χ2n) is 7.51. The lowest BCUT2D eigenvalue weighted by Crippen LogP contribution is -2.36. The molecule has 0 fully saturated rings. The van der Waals surface area contributed by atoms with Crippen molar-refractivity contribution in [2.45, 2.75) is 24.3 Å². The Morgan fingerprint density at radius 1 is 1.19 bits per heavy atom. The number of carbonyl (C=O) groups is 1. The molecule has 0 radical (unpaired) electrons. The van der Waals surface area contributed by atoms with Crippen molar-refractivity contribution in [3.63, 3.8) is 0 Å². The summed E-state index contributed by atoms with van der Waals surface area (Å²) in [7, 11) is -3.29. The van der Waals surface area contributed by atoms with Crippen LogP contribution in [0.2, 0.25) is 5.02 Å². The first-order chi connectivity index (χ1) is 14.6. The number of benzene rings is 2. The number of nitrogens with zero attached hydrogens (tertiary/aromatic N) is 2. The molecule has 4 rings (SSSR count). The van der Waals surface area contributed by atoms with Crippen molar-refractivity contribution in [1.82, 2.24) is 15.1 Å². The van der Waals surface area contributed by atoms with Gasteiger partial charge in [0, 0.05) is 48.7 Å². The smallest absolute Gasteiger partial charge is 0.227 e. The molecule has 0 saturated heterocycles. The number of sulfone groups is 1. The molecule has 8 nitrogen and oxygen atoms in total. The number of fused-ring (bicyclic) bond motifs is 1. The van der Waals surface area contributed by atoms with Crippen LogP contribution in [0.4, 0.5) is 0 Å². The van der Waals surface area contributed by atoms with E-state index in [1.54, 1.807) is 17.0 Å². The van der Waals surface area contributed by atoms with Crippen LogP contribution in [0.1, 0.15) is 16.8 Å². The number of phenolic OH excluding ortho intramolecular Hbond substituents is 2. The molecule has 0 saturated carbocycles. The average molecular weight is 462 g/mol. The Bertz CT molecular complexity index is 1270. The minimum atomic E-state index is -3.29. The van der Waals surface area contributed by atoms with Gasteiger partial charge in [-0.25, -0.2) is 8.42 Å². The molecule has 1 amide bonds. The van der Waals surface area contributed by atoms with Crippen LogP contribution in [0.15, 0.2) is 41.3 Å². The first-order valence-electron chi connectivity index (χ1n) is 9.48. The first kappa shape index (κ1) is 21.2. The minimum absolute atomic E-state index is 0.0887. The SMILES string of the molecule is CS(=O)(=O)c1ccc(CC(=O)N2CCc3[nH]nc(-c4cc(Cl)c(O)cc4O)c3C2)cc1. The molecule has 2 heterocycles. The molecule has 1 aromatic heterocycles. The number of hydrogen-bond donors (Lipinski definition) is 3. The molecule has 1 aliphatic heterocycles. The van der Waals surface area contributed by atoms with Gasteiger partial charge in [0.2, 0.25) is 5.91 Å². The van der Waals surface area contributed by atoms with Crippen LogP contribution in [-0.4, -0.2) is 52.4 Å². The lowest BCUT2D eigenvalue weighted by molar-refractivity contribution is -0.131. The van der Waals surface area contributed by atoms with Crippen molar-refractivity contribution >= 4 is 27.3 Å². The van der Waals surface area contributed by atoms with Crippen LogP contribution in [0.3, 0.4) is 0 Å². The summed E-state index contributed by atoms with van der Waals surface area (Å²) in [6, 6.07) is 8.87. The Hall–Kier alpha value is -3.04. The number of halogens is 1. The number of phenols is 2. The lowest BCUT2D eigenvalue weighted by atomic mass is 9.99. The van der Waals surface area contributed by atoms with E-state index in [4.69, 9.17) is 11.6 Å². The Kier molecular flexibility index (Phi) is 5.40. The Balaban J connectivity index is 1.55. The van der Waals surface area contributed by atoms with Crippen molar-refractivity contribution in [3.8, 4) is 22.8 Å². The topological polar surface area (TPSA) is 124 Å². The molecular formula is C21H20ClN3O5S. The number of H-pyrrole nitrogens is 1. The fourth-order valence-corrected chi connectivity index (χ4v) is 4.41. The molecule has 2 aromatic carbocycles. The molecule has 162 valence electrons. The number of aromatic hydroxyl groups is 2. The van der Waals surface area contributed by atoms with Gasteiger partial charge in [-0.3, -0.25) is 9.89 Å². The summed E-state index contributed by atoms with van der Waals surface area (Å²) in [6.07, 6.45) is 1.86. The fraction of sp³-hybridized carbons (Fsp3) is 0.238. The zero-order valence-electron chi connectivity index (χ0n) is 16.6. The van der Waals surface area contributed by atoms with Crippen LogP contribution < -0.4 is 0 Å². The standard InChI is InChI=1S/C21H20ClN3O5S/c1-31(29,30)13-4-2-12(3-5-13)8-20(28)25-7-6-17-15(11-25)21(24-23-17)14-9-16(22)19(27)10-18(14)26/h2-5,9-10,26-27H,6-8,11H2,1H3,(H,23,24). The number of aromatic amines is 1. The van der Waals surface area contributed by atoms with E-state index >= 15 is 0 Å². The summed E-state index contributed by atoms with van der Waals surface area (Å²) in [6.45, 7) is 0.816. The van der Waals surface area contributed by atoms with Gasteiger partial charge in [-0.05, 0) is 23.8 Å². The molecule has 1 aliphatic rings. The molecule has 31 heavy (non-hydrogen) atoms. The molecule has 3 aromatic rings. The number of aromatic nitrogens is 2. The number of amides is 1. The highest BCUT2D eigenvalue weighted by Crippen LogP contribution is 2.39. The second kappa shape index (κ2) is 7.90. The quantitative estimate of drug-likeness (QED) is 0.548. The summed E-state index contributed by atoms with van der Waals surface area (Å²) in [5, 5.41) is 27.2. The van der Waals surface area contributed by atoms with E-state index in [9.17, 15) is 23.4 Å². The maximum absolute atomic E-state index is 12.9. The molecule has 0 bridgehead atoms. The van der Waals surface area contributed by atoms with E-state index in [0.29, 0.717) is 30.8 Å². The van der Waals surface area contributed by atoms with Gasteiger partial charge in [-0.15, -0.1) is 0 Å². The van der Waals surface area contributed by atoms with Crippen molar-refractivity contribution in [2.75, 3.05) is 12.8 Å². The highest BCUT2D eigenvalue weighted by molar-refractivity contribution is 7.90. The molecule has 10 heteroatoms. The Morgan fingerprint density at radius 2 is 1.90 bits per heavy atom. The molecular weight excluding hydrogens is 442 g/mol. The average Bonchev–Trinajstić information content (AvgIpc) is 3.13. The molecule has 0 spiro atoms. The van der Waals surface area contributed by atoms with E-state index in [2.05, 4.69) is 10.2 Å². The van der Waals surface area contributed by atoms with Gasteiger partial charge in [0.1, 0.15) is 17.2 Å². The van der Waals surface area contributed by atoms with Crippen LogP contribution in [-0.2, 0) is 34.0 Å². The van der Waals surface area contributed by atoms with Crippen LogP contribution in [0, 0.1) is 0 Å². The van der Waals surface area contributed by atoms with Crippen LogP contribution >= 0.6 is 11.6 Å². The first-order valence-corrected chi connectivity index (χ1v) is 11.7. The third kappa shape index (κ3) is 4.24. The van der Waals surface area contributed by atoms with E-state index in [1.165, 1.54) is 18.2 Å². The molecule has 0 unspecified atom stereocenters. The maximum atomic E-state index is 12.9. The van der Waals surface area contributed by atoms with E-state index in [-0.39, 0.29) is 33.7 Å². The van der Waals surface area contributed by atoms with Gasteiger partial charge in [0.25, 0.3) is 0 Å². The third-order valence-electron chi connectivity index (χ3n) is 5.31. The normalized spacial score (nSPS) is 13.8. The van der Waals surface area contributed by atoms with Gasteiger partial charge in [0.15, 0.2) is 9.84 Å². The van der Waals surface area contributed by atoms with Crippen molar-refractivity contribution in [3.05, 3.63) is 58.2 Å². The van der Waals surface area contributed by atoms with Crippen LogP contribution in [0.25, 0.3) is 11.3 Å². The van der Waals surface area contributed by atoms with Crippen molar-refractivity contribution in [1.29, 1.82) is 0 Å². The predicted octanol–water partition coefficient (Wildman–Crippen LogP) is 2.67. The minimum Gasteiger partial charge on any atom is -0.507 e. The number of nitrogens with one attached hydrogen (secondary N) is 1. The summed E-state index contributed by atoms with van der Waals surface area (Å²) >= 11 is 5.99. The number of rotatable bonds is 4. The molecule has 3 N–H and O–H groups in total. The molecule has 0 aliphatic carbocycles. The fourth-order valence-electron chi connectivity index (χ4n) is 3.61. The summed E-state index contributed by atoms with van der Waals surface area (Å²) in [5.41, 5.74) is 3.22. The van der Waals surface area contributed by atoms with Crippen molar-refractivity contribution in [2.24, 2.45) is 0 Å². The van der Waals surface area contributed by atoms with E-state index in [0.717, 1.165) is 29.1 Å². The highest BCUT2D eigenvalue weighted by Gasteiger charge is 2.27. The monoisotopic (exact) mass is 461 g/mol. The van der Waals surface area contributed by atoms with Crippen molar-refractivity contribution < 1.29 is 23.4 Å². The van der Waals surface area contributed by atoms with Crippen LogP contribution in [0.5, 0.6) is 11.5 Å². The number of carbonyl (C=O) groups excluding carboxylic acids is 1. The summed E-state index contributed by atoms with van der Waals surface area (Å²) in [4.78, 5) is 14.8. The Labute approximate surface area is 184 Å². The third-order valence-corrected chi connectivity index (χ3v) is 6.74. The predicted molar refractivity (Wildman–Crippen MR) is 115 cm³/mol. The van der Waals surface area contributed by atoms with Gasteiger partial charge in [-0.2, -0.15) is 5.10 Å². The zero-order valence-corrected chi connectivity index (χ0v) is 18.2. The van der Waals surface area contributed by atoms with E-state index in [1.807, 2.05) is 0 Å². The summed E-state index contributed by atoms with van der Waals surface area (Å²) in [5.74, 6) is -0.491.